The average Bonchev–Trinajstić information content (AvgIpc) is 2.58. The second kappa shape index (κ2) is 7.19. The molecule has 3 aromatic rings. The Kier molecular flexibility index (Phi) is 4.82. The highest BCUT2D eigenvalue weighted by Crippen LogP contribution is 2.30. The first-order chi connectivity index (χ1) is 11.7. The lowest BCUT2D eigenvalue weighted by molar-refractivity contribution is -0.122. The van der Waals surface area contributed by atoms with E-state index in [-0.39, 0.29) is 18.8 Å². The fraction of sp³-hybridized carbons (Fsp3) is 0.211. The monoisotopic (exact) mass is 322 g/mol. The van der Waals surface area contributed by atoms with Crippen LogP contribution < -0.4 is 4.74 Å². The highest BCUT2D eigenvalue weighted by Gasteiger charge is 2.09. The first kappa shape index (κ1) is 16.1. The number of benzene rings is 1. The Bertz CT molecular complexity index is 877. The number of ether oxygens (including phenoxy) is 2. The van der Waals surface area contributed by atoms with E-state index in [2.05, 4.69) is 9.97 Å². The van der Waals surface area contributed by atoms with Crippen molar-refractivity contribution in [1.29, 1.82) is 0 Å². The summed E-state index contributed by atoms with van der Waals surface area (Å²) in [5, 5.41) is 1.06. The van der Waals surface area contributed by atoms with Gasteiger partial charge in [-0.1, -0.05) is 12.1 Å². The standard InChI is InChI=1S/C19H18N2O3/c1-13-5-6-18(19-17(13)4-3-8-21-19)24-16-7-9-20-14(11-16)10-15(22)12-23-2/h3-9,11H,10,12H2,1-2H3. The van der Waals surface area contributed by atoms with E-state index in [1.54, 1.807) is 24.5 Å². The van der Waals surface area contributed by atoms with Gasteiger partial charge in [-0.15, -0.1) is 0 Å². The van der Waals surface area contributed by atoms with E-state index < -0.39 is 0 Å². The van der Waals surface area contributed by atoms with Crippen molar-refractivity contribution in [1.82, 2.24) is 9.97 Å². The molecular formula is C19H18N2O3. The van der Waals surface area contributed by atoms with E-state index >= 15 is 0 Å². The zero-order valence-electron chi connectivity index (χ0n) is 13.7. The van der Waals surface area contributed by atoms with Gasteiger partial charge in [0.15, 0.2) is 11.5 Å². The van der Waals surface area contributed by atoms with Crippen molar-refractivity contribution in [2.75, 3.05) is 13.7 Å². The van der Waals surface area contributed by atoms with Crippen molar-refractivity contribution < 1.29 is 14.3 Å². The van der Waals surface area contributed by atoms with Gasteiger partial charge in [-0.3, -0.25) is 14.8 Å². The van der Waals surface area contributed by atoms with Gasteiger partial charge in [0, 0.05) is 31.0 Å². The van der Waals surface area contributed by atoms with E-state index in [0.29, 0.717) is 17.2 Å². The van der Waals surface area contributed by atoms with E-state index in [0.717, 1.165) is 16.5 Å². The van der Waals surface area contributed by atoms with Gasteiger partial charge in [0.25, 0.3) is 0 Å². The van der Waals surface area contributed by atoms with Crippen LogP contribution in [0.25, 0.3) is 10.9 Å². The highest BCUT2D eigenvalue weighted by atomic mass is 16.5. The zero-order chi connectivity index (χ0) is 16.9. The number of Topliss-reactive ketones (excluding diaryl/α,β-unsaturated/α-hetero) is 1. The minimum absolute atomic E-state index is 0.0235. The van der Waals surface area contributed by atoms with E-state index in [1.807, 2.05) is 31.2 Å². The molecule has 0 aliphatic rings. The maximum absolute atomic E-state index is 11.7. The van der Waals surface area contributed by atoms with Crippen LogP contribution in [-0.2, 0) is 16.0 Å². The third-order valence-corrected chi connectivity index (χ3v) is 3.65. The maximum atomic E-state index is 11.7. The number of nitrogens with zero attached hydrogens (tertiary/aromatic N) is 2. The summed E-state index contributed by atoms with van der Waals surface area (Å²) < 4.78 is 10.8. The van der Waals surface area contributed by atoms with Gasteiger partial charge in [-0.05, 0) is 30.7 Å². The van der Waals surface area contributed by atoms with Gasteiger partial charge in [0.05, 0.1) is 12.1 Å². The Morgan fingerprint density at radius 2 is 2.00 bits per heavy atom. The van der Waals surface area contributed by atoms with Crippen LogP contribution in [0.15, 0.2) is 48.8 Å². The van der Waals surface area contributed by atoms with Gasteiger partial charge in [0.2, 0.25) is 0 Å². The Labute approximate surface area is 140 Å². The minimum atomic E-state index is -0.0235. The normalized spacial score (nSPS) is 10.8. The summed E-state index contributed by atoms with van der Waals surface area (Å²) in [6, 6.07) is 11.4. The number of methoxy groups -OCH3 is 1. The summed E-state index contributed by atoms with van der Waals surface area (Å²) in [5.74, 6) is 1.28. The van der Waals surface area contributed by atoms with Crippen LogP contribution in [0.2, 0.25) is 0 Å². The third kappa shape index (κ3) is 3.58. The molecule has 0 unspecified atom stereocenters. The number of rotatable bonds is 6. The first-order valence-corrected chi connectivity index (χ1v) is 7.65. The minimum Gasteiger partial charge on any atom is -0.455 e. The van der Waals surface area contributed by atoms with Crippen molar-refractivity contribution in [3.05, 3.63) is 60.0 Å². The van der Waals surface area contributed by atoms with Crippen molar-refractivity contribution >= 4 is 16.7 Å². The lowest BCUT2D eigenvalue weighted by Crippen LogP contribution is -2.10. The van der Waals surface area contributed by atoms with Gasteiger partial charge in [-0.25, -0.2) is 0 Å². The van der Waals surface area contributed by atoms with Crippen LogP contribution in [0.4, 0.5) is 0 Å². The molecule has 0 bridgehead atoms. The van der Waals surface area contributed by atoms with Crippen LogP contribution in [0, 0.1) is 6.92 Å². The van der Waals surface area contributed by atoms with Crippen molar-refractivity contribution in [2.45, 2.75) is 13.3 Å². The van der Waals surface area contributed by atoms with E-state index in [9.17, 15) is 4.79 Å². The molecular weight excluding hydrogens is 304 g/mol. The molecule has 0 saturated heterocycles. The highest BCUT2D eigenvalue weighted by molar-refractivity contribution is 5.87. The molecule has 1 aromatic carbocycles. The molecule has 2 aromatic heterocycles. The quantitative estimate of drug-likeness (QED) is 0.695. The summed E-state index contributed by atoms with van der Waals surface area (Å²) >= 11 is 0. The second-order valence-electron chi connectivity index (χ2n) is 5.51. The SMILES string of the molecule is COCC(=O)Cc1cc(Oc2ccc(C)c3cccnc23)ccn1. The molecule has 0 N–H and O–H groups in total. The number of carbonyl (C=O) groups is 1. The molecule has 5 nitrogen and oxygen atoms in total. The van der Waals surface area contributed by atoms with Crippen molar-refractivity contribution in [3.63, 3.8) is 0 Å². The summed E-state index contributed by atoms with van der Waals surface area (Å²) in [4.78, 5) is 20.3. The maximum Gasteiger partial charge on any atom is 0.164 e. The largest absolute Gasteiger partial charge is 0.455 e. The number of pyridine rings is 2. The molecule has 122 valence electrons. The van der Waals surface area contributed by atoms with Gasteiger partial charge in [0.1, 0.15) is 17.9 Å². The number of hydrogen-bond acceptors (Lipinski definition) is 5. The van der Waals surface area contributed by atoms with Crippen molar-refractivity contribution in [2.24, 2.45) is 0 Å². The third-order valence-electron chi connectivity index (χ3n) is 3.65. The second-order valence-corrected chi connectivity index (χ2v) is 5.51. The number of aryl methyl sites for hydroxylation is 1. The number of fused-ring (bicyclic) bond motifs is 1. The molecule has 5 heteroatoms. The van der Waals surface area contributed by atoms with E-state index in [1.165, 1.54) is 7.11 Å². The molecule has 0 amide bonds. The smallest absolute Gasteiger partial charge is 0.164 e. The molecule has 0 aliphatic carbocycles. The average molecular weight is 322 g/mol. The number of hydrogen-bond donors (Lipinski definition) is 0. The molecule has 0 aliphatic heterocycles. The van der Waals surface area contributed by atoms with Gasteiger partial charge < -0.3 is 9.47 Å². The van der Waals surface area contributed by atoms with Crippen LogP contribution in [0.5, 0.6) is 11.5 Å². The zero-order valence-corrected chi connectivity index (χ0v) is 13.7. The van der Waals surface area contributed by atoms with Crippen LogP contribution in [-0.4, -0.2) is 29.5 Å². The fourth-order valence-electron chi connectivity index (χ4n) is 2.53. The number of carbonyl (C=O) groups excluding carboxylic acids is 1. The molecule has 3 rings (SSSR count). The molecule has 0 atom stereocenters. The Hall–Kier alpha value is -2.79. The lowest BCUT2D eigenvalue weighted by atomic mass is 10.1. The molecule has 24 heavy (non-hydrogen) atoms. The molecule has 0 spiro atoms. The molecule has 2 heterocycles. The number of ketones is 1. The predicted molar refractivity (Wildman–Crippen MR) is 91.4 cm³/mol. The van der Waals surface area contributed by atoms with E-state index in [4.69, 9.17) is 9.47 Å². The Balaban J connectivity index is 1.87. The Morgan fingerprint density at radius 3 is 2.83 bits per heavy atom. The van der Waals surface area contributed by atoms with Crippen LogP contribution in [0.3, 0.4) is 0 Å². The summed E-state index contributed by atoms with van der Waals surface area (Å²) in [6.07, 6.45) is 3.60. The summed E-state index contributed by atoms with van der Waals surface area (Å²) in [5.41, 5.74) is 2.61. The lowest BCUT2D eigenvalue weighted by Gasteiger charge is -2.10. The summed E-state index contributed by atoms with van der Waals surface area (Å²) in [6.45, 7) is 2.12. The van der Waals surface area contributed by atoms with Crippen molar-refractivity contribution in [3.8, 4) is 11.5 Å². The number of aromatic nitrogens is 2. The summed E-state index contributed by atoms with van der Waals surface area (Å²) in [7, 11) is 1.50. The molecule has 0 fully saturated rings. The molecule has 0 radical (unpaired) electrons. The topological polar surface area (TPSA) is 61.3 Å². The Morgan fingerprint density at radius 1 is 1.12 bits per heavy atom. The van der Waals surface area contributed by atoms with Crippen LogP contribution in [0.1, 0.15) is 11.3 Å². The van der Waals surface area contributed by atoms with Crippen LogP contribution >= 0.6 is 0 Å². The van der Waals surface area contributed by atoms with Gasteiger partial charge >= 0.3 is 0 Å². The molecule has 0 saturated carbocycles. The first-order valence-electron chi connectivity index (χ1n) is 7.65. The fourth-order valence-corrected chi connectivity index (χ4v) is 2.53. The van der Waals surface area contributed by atoms with Gasteiger partial charge in [-0.2, -0.15) is 0 Å². The predicted octanol–water partition coefficient (Wildman–Crippen LogP) is 3.49.